The molecular weight excluding hydrogens is 447 g/mol. The van der Waals surface area contributed by atoms with Crippen molar-refractivity contribution < 1.29 is 0 Å². The molecule has 30 heavy (non-hydrogen) atoms. The van der Waals surface area contributed by atoms with E-state index in [9.17, 15) is 0 Å². The molecule has 0 heterocycles. The topological polar surface area (TPSA) is 0 Å². The molecule has 0 amide bonds. The van der Waals surface area contributed by atoms with E-state index in [4.69, 9.17) is 9.95 Å². The van der Waals surface area contributed by atoms with Crippen LogP contribution < -0.4 is 0 Å². The van der Waals surface area contributed by atoms with Gasteiger partial charge in [0.1, 0.15) is 0 Å². The molecule has 0 rings (SSSR count). The first-order chi connectivity index (χ1) is 14.5. The van der Waals surface area contributed by atoms with Crippen LogP contribution >= 0.6 is 9.95 Å². The fourth-order valence-electron chi connectivity index (χ4n) is 5.03. The Morgan fingerprint density at radius 2 is 0.567 bits per heavy atom. The van der Waals surface area contributed by atoms with Crippen molar-refractivity contribution in [2.45, 2.75) is 177 Å². The predicted molar refractivity (Wildman–Crippen MR) is 146 cm³/mol. The normalized spacial score (nSPS) is 13.4. The summed E-state index contributed by atoms with van der Waals surface area (Å²) in [4.78, 5) is 0. The van der Waals surface area contributed by atoms with Gasteiger partial charge in [-0.15, -0.1) is 0 Å². The molecule has 0 aliphatic carbocycles. The van der Waals surface area contributed by atoms with Crippen LogP contribution in [0.15, 0.2) is 0 Å². The molecule has 0 saturated carbocycles. The van der Waals surface area contributed by atoms with Crippen molar-refractivity contribution in [2.75, 3.05) is 0 Å². The molecule has 0 aliphatic heterocycles. The maximum atomic E-state index is 7.76. The minimum absolute atomic E-state index is 1.32. The second kappa shape index (κ2) is 20.5. The average Bonchev–Trinajstić information content (AvgIpc) is 2.76. The van der Waals surface area contributed by atoms with Gasteiger partial charge in [-0.1, -0.05) is 26.2 Å². The summed E-state index contributed by atoms with van der Waals surface area (Å²) in [5, 5.41) is 5.66. The summed E-state index contributed by atoms with van der Waals surface area (Å²) in [6.07, 6.45) is 28.4. The molecule has 0 bridgehead atoms. The van der Waals surface area contributed by atoms with Gasteiger partial charge < -0.3 is 0 Å². The molecule has 0 aromatic rings. The molecule has 184 valence electrons. The second-order valence-corrected chi connectivity index (χ2v) is 26.7. The summed E-state index contributed by atoms with van der Waals surface area (Å²) >= 11 is -2.60. The summed E-state index contributed by atoms with van der Waals surface area (Å²) < 4.78 is 0. The monoisotopic (exact) mass is 506 g/mol. The van der Waals surface area contributed by atoms with Gasteiger partial charge in [-0.05, 0) is 0 Å². The van der Waals surface area contributed by atoms with Gasteiger partial charge in [0.15, 0.2) is 0 Å². The van der Waals surface area contributed by atoms with Crippen molar-refractivity contribution in [3.63, 3.8) is 0 Å². The van der Waals surface area contributed by atoms with Crippen molar-refractivity contribution in [1.82, 2.24) is 0 Å². The van der Waals surface area contributed by atoms with Crippen LogP contribution in [-0.2, 0) is 0 Å². The van der Waals surface area contributed by atoms with Crippen LogP contribution in [0, 0.1) is 0 Å². The molecule has 0 N–H and O–H groups in total. The Kier molecular flexibility index (Phi) is 21.0. The van der Waals surface area contributed by atoms with Crippen LogP contribution in [0.4, 0.5) is 0 Å². The number of rotatable bonds is 24. The molecule has 0 saturated heterocycles. The number of hydrogen-bond donors (Lipinski definition) is 0. The predicted octanol–water partition coefficient (Wildman–Crippen LogP) is 12.0. The molecule has 0 aromatic heterocycles. The van der Waals surface area contributed by atoms with Gasteiger partial charge in [-0.2, -0.15) is 0 Å². The van der Waals surface area contributed by atoms with E-state index < -0.39 is 11.5 Å². The quantitative estimate of drug-likeness (QED) is 0.0901. The van der Waals surface area contributed by atoms with Gasteiger partial charge in [-0.25, -0.2) is 0 Å². The van der Waals surface area contributed by atoms with Crippen LogP contribution in [0.2, 0.25) is 20.8 Å². The van der Waals surface area contributed by atoms with Gasteiger partial charge >= 0.3 is 172 Å². The van der Waals surface area contributed by atoms with Crippen LogP contribution in [0.25, 0.3) is 0 Å². The second-order valence-electron chi connectivity index (χ2n) is 10.4. The van der Waals surface area contributed by atoms with Crippen molar-refractivity contribution in [3.05, 3.63) is 0 Å². The first-order valence-corrected chi connectivity index (χ1v) is 22.0. The van der Waals surface area contributed by atoms with E-state index in [1.807, 2.05) is 0 Å². The molecule has 2 heteroatoms. The molecule has 0 aromatic carbocycles. The first-order valence-electron chi connectivity index (χ1n) is 14.3. The molecule has 0 fully saturated rings. The molecule has 0 radical (unpaired) electrons. The van der Waals surface area contributed by atoms with E-state index >= 15 is 0 Å². The molecule has 0 aliphatic rings. The van der Waals surface area contributed by atoms with Crippen LogP contribution in [0.3, 0.4) is 0 Å². The van der Waals surface area contributed by atoms with Crippen LogP contribution in [0.1, 0.15) is 156 Å². The fourth-order valence-corrected chi connectivity index (χ4v) is 19.4. The van der Waals surface area contributed by atoms with Crippen molar-refractivity contribution >= 4 is 21.5 Å². The van der Waals surface area contributed by atoms with Gasteiger partial charge in [0.25, 0.3) is 0 Å². The summed E-state index contributed by atoms with van der Waals surface area (Å²) in [5.41, 5.74) is 0. The molecule has 0 atom stereocenters. The fraction of sp³-hybridized carbons (Fsp3) is 1.00. The SMILES string of the molecule is CCCCCCCCCCCCCCCC[As](Cl)(CCCC)(CCCC)CCCC. The zero-order chi connectivity index (χ0) is 22.4. The Bertz CT molecular complexity index is 330. The van der Waals surface area contributed by atoms with Gasteiger partial charge in [0.2, 0.25) is 0 Å². The first kappa shape index (κ1) is 30.8. The van der Waals surface area contributed by atoms with Crippen molar-refractivity contribution in [3.8, 4) is 0 Å². The summed E-state index contributed by atoms with van der Waals surface area (Å²) in [7, 11) is 7.76. The third-order valence-corrected chi connectivity index (χ3v) is 22.8. The summed E-state index contributed by atoms with van der Waals surface area (Å²) in [6.45, 7) is 9.34. The summed E-state index contributed by atoms with van der Waals surface area (Å²) in [5.74, 6) is 0. The standard InChI is InChI=1S/C28H60AsCl/c1-5-9-13-14-15-16-17-18-19-20-21-22-23-24-28-29(30,25-10-6-2,26-11-7-3)27-12-8-4/h5-28H2,1-4H3. The van der Waals surface area contributed by atoms with E-state index in [1.165, 1.54) is 149 Å². The van der Waals surface area contributed by atoms with E-state index in [0.717, 1.165) is 0 Å². The van der Waals surface area contributed by atoms with Gasteiger partial charge in [0, 0.05) is 0 Å². The molecule has 0 nitrogen and oxygen atoms in total. The Morgan fingerprint density at radius 1 is 0.333 bits per heavy atom. The Balaban J connectivity index is 3.99. The number of unbranched alkanes of at least 4 members (excludes halogenated alkanes) is 16. The Morgan fingerprint density at radius 3 is 0.867 bits per heavy atom. The van der Waals surface area contributed by atoms with Crippen molar-refractivity contribution in [1.29, 1.82) is 0 Å². The number of hydrogen-bond acceptors (Lipinski definition) is 0. The Hall–Kier alpha value is 0.848. The van der Waals surface area contributed by atoms with E-state index in [1.54, 1.807) is 0 Å². The van der Waals surface area contributed by atoms with Gasteiger partial charge in [0.05, 0.1) is 0 Å². The zero-order valence-corrected chi connectivity index (χ0v) is 24.4. The average molecular weight is 507 g/mol. The zero-order valence-electron chi connectivity index (χ0n) is 21.8. The molecule has 0 spiro atoms. The third-order valence-electron chi connectivity index (χ3n) is 7.28. The maximum absolute atomic E-state index is 7.76. The van der Waals surface area contributed by atoms with Crippen molar-refractivity contribution in [2.24, 2.45) is 0 Å². The van der Waals surface area contributed by atoms with Gasteiger partial charge in [-0.3, -0.25) is 0 Å². The van der Waals surface area contributed by atoms with E-state index in [0.29, 0.717) is 0 Å². The third kappa shape index (κ3) is 16.5. The number of halogens is 1. The molecule has 0 unspecified atom stereocenters. The van der Waals surface area contributed by atoms with Crippen LogP contribution in [0.5, 0.6) is 0 Å². The van der Waals surface area contributed by atoms with Crippen LogP contribution in [-0.4, -0.2) is 11.5 Å². The Labute approximate surface area is 197 Å². The molecular formula is C28H60AsCl. The summed E-state index contributed by atoms with van der Waals surface area (Å²) in [6, 6.07) is 0. The minimum atomic E-state index is -2.60. The van der Waals surface area contributed by atoms with E-state index in [2.05, 4.69) is 27.7 Å². The van der Waals surface area contributed by atoms with E-state index in [-0.39, 0.29) is 0 Å².